The van der Waals surface area contributed by atoms with Crippen LogP contribution in [-0.2, 0) is 14.3 Å². The van der Waals surface area contributed by atoms with E-state index in [1.807, 2.05) is 0 Å². The predicted molar refractivity (Wildman–Crippen MR) is 115 cm³/mol. The summed E-state index contributed by atoms with van der Waals surface area (Å²) < 4.78 is 4.83. The molecule has 4 saturated carbocycles. The van der Waals surface area contributed by atoms with Crippen LogP contribution >= 0.6 is 0 Å². The minimum atomic E-state index is -0.0927. The summed E-state index contributed by atoms with van der Waals surface area (Å²) in [5.74, 6) is 2.92. The molecule has 0 N–H and O–H groups in total. The average molecular weight is 401 g/mol. The normalized spacial score (nSPS) is 45.4. The Morgan fingerprint density at radius 2 is 1.83 bits per heavy atom. The number of hydrogen-bond donors (Lipinski definition) is 0. The van der Waals surface area contributed by atoms with E-state index in [-0.39, 0.29) is 17.3 Å². The van der Waals surface area contributed by atoms with E-state index in [2.05, 4.69) is 26.8 Å². The first kappa shape index (κ1) is 21.1. The standard InChI is InChI=1S/C26H40O3/c1-5-18-19-10-6-7-15-26(19,3)21-14-16-25(2)17(9-8-11-22(27)29-4)12-13-20(25)23(21)24(18)28/h5,17,19-21,23H,6-16H2,1-4H3/b18-5+/t17?,19-,20?,21?,23?,25+,26-/m0/s1. The summed E-state index contributed by atoms with van der Waals surface area (Å²) in [6.45, 7) is 7.09. The quantitative estimate of drug-likeness (QED) is 0.422. The largest absolute Gasteiger partial charge is 0.469 e. The van der Waals surface area contributed by atoms with Crippen LogP contribution in [0, 0.1) is 40.4 Å². The Bertz CT molecular complexity index is 694. The van der Waals surface area contributed by atoms with Crippen molar-refractivity contribution in [3.05, 3.63) is 11.6 Å². The van der Waals surface area contributed by atoms with Crippen LogP contribution in [0.5, 0.6) is 0 Å². The molecule has 0 spiro atoms. The van der Waals surface area contributed by atoms with Crippen molar-refractivity contribution in [2.24, 2.45) is 40.4 Å². The van der Waals surface area contributed by atoms with Gasteiger partial charge in [-0.25, -0.2) is 0 Å². The van der Waals surface area contributed by atoms with E-state index in [1.165, 1.54) is 64.0 Å². The highest BCUT2D eigenvalue weighted by Crippen LogP contribution is 2.67. The molecule has 7 atom stereocenters. The van der Waals surface area contributed by atoms with Gasteiger partial charge in [-0.15, -0.1) is 0 Å². The highest BCUT2D eigenvalue weighted by Gasteiger charge is 2.63. The number of hydrogen-bond acceptors (Lipinski definition) is 3. The Balaban J connectivity index is 1.58. The van der Waals surface area contributed by atoms with Crippen molar-refractivity contribution in [1.29, 1.82) is 0 Å². The van der Waals surface area contributed by atoms with Crippen molar-refractivity contribution in [1.82, 2.24) is 0 Å². The first-order chi connectivity index (χ1) is 13.9. The smallest absolute Gasteiger partial charge is 0.305 e. The lowest BCUT2D eigenvalue weighted by atomic mass is 9.43. The molecule has 4 unspecified atom stereocenters. The van der Waals surface area contributed by atoms with Gasteiger partial charge in [0.1, 0.15) is 0 Å². The van der Waals surface area contributed by atoms with E-state index in [4.69, 9.17) is 4.74 Å². The molecule has 162 valence electrons. The van der Waals surface area contributed by atoms with E-state index < -0.39 is 0 Å². The lowest BCUT2D eigenvalue weighted by molar-refractivity contribution is -0.145. The molecule has 0 heterocycles. The van der Waals surface area contributed by atoms with Gasteiger partial charge >= 0.3 is 5.97 Å². The summed E-state index contributed by atoms with van der Waals surface area (Å²) in [5.41, 5.74) is 1.76. The second-order valence-electron chi connectivity index (χ2n) is 10.9. The van der Waals surface area contributed by atoms with Crippen molar-refractivity contribution < 1.29 is 14.3 Å². The zero-order chi connectivity index (χ0) is 20.8. The predicted octanol–water partition coefficient (Wildman–Crippen LogP) is 6.11. The van der Waals surface area contributed by atoms with Gasteiger partial charge in [-0.2, -0.15) is 0 Å². The molecule has 0 amide bonds. The van der Waals surface area contributed by atoms with Crippen molar-refractivity contribution in [2.75, 3.05) is 7.11 Å². The fourth-order valence-corrected chi connectivity index (χ4v) is 8.44. The van der Waals surface area contributed by atoms with Gasteiger partial charge in [0.15, 0.2) is 5.78 Å². The number of carbonyl (C=O) groups is 2. The summed E-state index contributed by atoms with van der Waals surface area (Å²) in [6.07, 6.45) is 14.8. The minimum Gasteiger partial charge on any atom is -0.469 e. The number of carbonyl (C=O) groups excluding carboxylic acids is 2. The Hall–Kier alpha value is -1.12. The maximum atomic E-state index is 13.8. The maximum absolute atomic E-state index is 13.8. The molecule has 0 aromatic heterocycles. The van der Waals surface area contributed by atoms with Crippen LogP contribution in [0.15, 0.2) is 11.6 Å². The van der Waals surface area contributed by atoms with Crippen molar-refractivity contribution in [2.45, 2.75) is 91.4 Å². The van der Waals surface area contributed by atoms with Crippen molar-refractivity contribution in [3.63, 3.8) is 0 Å². The highest BCUT2D eigenvalue weighted by molar-refractivity contribution is 5.99. The third-order valence-corrected chi connectivity index (χ3v) is 10.0. The second kappa shape index (κ2) is 7.85. The van der Waals surface area contributed by atoms with Gasteiger partial charge in [0.25, 0.3) is 0 Å². The van der Waals surface area contributed by atoms with E-state index in [0.29, 0.717) is 41.3 Å². The molecule has 3 nitrogen and oxygen atoms in total. The van der Waals surface area contributed by atoms with Crippen LogP contribution in [0.3, 0.4) is 0 Å². The SMILES string of the molecule is C/C=C1/C(=O)C2C3CCC(CCCC(=O)OC)[C@@]3(C)CCC2[C@@]2(C)CCCC[C@@H]12. The monoisotopic (exact) mass is 400 g/mol. The summed E-state index contributed by atoms with van der Waals surface area (Å²) >= 11 is 0. The van der Waals surface area contributed by atoms with Gasteiger partial charge in [0, 0.05) is 12.3 Å². The van der Waals surface area contributed by atoms with Crippen molar-refractivity contribution >= 4 is 11.8 Å². The molecule has 0 aromatic rings. The van der Waals surface area contributed by atoms with Gasteiger partial charge in [0.05, 0.1) is 7.11 Å². The van der Waals surface area contributed by atoms with Crippen LogP contribution in [0.1, 0.15) is 91.4 Å². The summed E-state index contributed by atoms with van der Waals surface area (Å²) in [7, 11) is 1.48. The van der Waals surface area contributed by atoms with Crippen LogP contribution in [-0.4, -0.2) is 18.9 Å². The van der Waals surface area contributed by atoms with Gasteiger partial charge < -0.3 is 4.74 Å². The molecule has 29 heavy (non-hydrogen) atoms. The van der Waals surface area contributed by atoms with Crippen LogP contribution in [0.25, 0.3) is 0 Å². The Labute approximate surface area is 177 Å². The van der Waals surface area contributed by atoms with Gasteiger partial charge in [-0.1, -0.05) is 32.8 Å². The zero-order valence-electron chi connectivity index (χ0n) is 19.0. The van der Waals surface area contributed by atoms with Crippen molar-refractivity contribution in [3.8, 4) is 0 Å². The average Bonchev–Trinajstić information content (AvgIpc) is 3.05. The molecular formula is C26H40O3. The number of fused-ring (bicyclic) bond motifs is 5. The summed E-state index contributed by atoms with van der Waals surface area (Å²) in [5, 5.41) is 0. The summed E-state index contributed by atoms with van der Waals surface area (Å²) in [4.78, 5) is 25.3. The molecule has 0 bridgehead atoms. The fraction of sp³-hybridized carbons (Fsp3) is 0.846. The highest BCUT2D eigenvalue weighted by atomic mass is 16.5. The van der Waals surface area contributed by atoms with Crippen LogP contribution in [0.2, 0.25) is 0 Å². The molecular weight excluding hydrogens is 360 g/mol. The number of Topliss-reactive ketones (excluding diaryl/α,β-unsaturated/α-hetero) is 1. The second-order valence-corrected chi connectivity index (χ2v) is 10.9. The maximum Gasteiger partial charge on any atom is 0.305 e. The number of ketones is 1. The number of rotatable bonds is 4. The topological polar surface area (TPSA) is 43.4 Å². The van der Waals surface area contributed by atoms with E-state index >= 15 is 0 Å². The zero-order valence-corrected chi connectivity index (χ0v) is 19.0. The molecule has 0 radical (unpaired) electrons. The van der Waals surface area contributed by atoms with Gasteiger partial charge in [-0.3, -0.25) is 9.59 Å². The number of esters is 1. The Morgan fingerprint density at radius 3 is 2.55 bits per heavy atom. The Kier molecular flexibility index (Phi) is 5.72. The minimum absolute atomic E-state index is 0.0927. The fourth-order valence-electron chi connectivity index (χ4n) is 8.44. The Morgan fingerprint density at radius 1 is 1.07 bits per heavy atom. The van der Waals surface area contributed by atoms with E-state index in [9.17, 15) is 9.59 Å². The van der Waals surface area contributed by atoms with E-state index in [0.717, 1.165) is 12.8 Å². The molecule has 0 saturated heterocycles. The molecule has 0 aliphatic heterocycles. The number of allylic oxidation sites excluding steroid dienone is 2. The number of ether oxygens (including phenoxy) is 1. The third-order valence-electron chi connectivity index (χ3n) is 10.0. The van der Waals surface area contributed by atoms with Crippen LogP contribution in [0.4, 0.5) is 0 Å². The molecule has 4 rings (SSSR count). The molecule has 4 aliphatic rings. The number of methoxy groups -OCH3 is 1. The van der Waals surface area contributed by atoms with Gasteiger partial charge in [-0.05, 0) is 98.4 Å². The molecule has 4 fully saturated rings. The molecule has 3 heteroatoms. The third kappa shape index (κ3) is 3.22. The van der Waals surface area contributed by atoms with Crippen LogP contribution < -0.4 is 0 Å². The summed E-state index contributed by atoms with van der Waals surface area (Å²) in [6, 6.07) is 0. The van der Waals surface area contributed by atoms with E-state index in [1.54, 1.807) is 0 Å². The van der Waals surface area contributed by atoms with Gasteiger partial charge in [0.2, 0.25) is 0 Å². The molecule has 0 aromatic carbocycles. The first-order valence-electron chi connectivity index (χ1n) is 12.1. The molecule has 4 aliphatic carbocycles. The lowest BCUT2D eigenvalue weighted by Gasteiger charge is -2.60. The lowest BCUT2D eigenvalue weighted by Crippen LogP contribution is -2.57. The first-order valence-corrected chi connectivity index (χ1v) is 12.1.